The molecule has 0 saturated carbocycles. The molecular weight excluding hydrogens is 335 g/mol. The number of hydrogen-bond donors (Lipinski definition) is 0. The molecule has 1 aliphatic heterocycles. The Hall–Kier alpha value is -2.03. The molecular formula is C16H14Cl2N4O. The molecule has 5 nitrogen and oxygen atoms in total. The lowest BCUT2D eigenvalue weighted by Crippen LogP contribution is -2.33. The molecule has 7 heteroatoms. The fraction of sp³-hybridized carbons (Fsp3) is 0.312. The second kappa shape index (κ2) is 6.61. The van der Waals surface area contributed by atoms with Gasteiger partial charge in [0.05, 0.1) is 27.8 Å². The van der Waals surface area contributed by atoms with Crippen LogP contribution in [0.4, 0.5) is 0 Å². The number of nitrogens with zero attached hydrogens (tertiary/aromatic N) is 4. The average molecular weight is 349 g/mol. The molecule has 1 amide bonds. The molecule has 1 aromatic carbocycles. The number of carbonyl (C=O) groups is 1. The highest BCUT2D eigenvalue weighted by Crippen LogP contribution is 2.35. The van der Waals surface area contributed by atoms with E-state index in [-0.39, 0.29) is 18.5 Å². The van der Waals surface area contributed by atoms with E-state index >= 15 is 0 Å². The zero-order valence-corrected chi connectivity index (χ0v) is 13.8. The van der Waals surface area contributed by atoms with Crippen molar-refractivity contribution in [2.75, 3.05) is 6.54 Å². The quantitative estimate of drug-likeness (QED) is 0.853. The van der Waals surface area contributed by atoms with Gasteiger partial charge in [-0.2, -0.15) is 10.4 Å². The van der Waals surface area contributed by atoms with Gasteiger partial charge in [-0.25, -0.2) is 0 Å². The maximum atomic E-state index is 12.6. The van der Waals surface area contributed by atoms with E-state index < -0.39 is 0 Å². The van der Waals surface area contributed by atoms with Crippen LogP contribution in [0.3, 0.4) is 0 Å². The number of rotatable bonds is 3. The van der Waals surface area contributed by atoms with Crippen molar-refractivity contribution < 1.29 is 4.79 Å². The number of hydrogen-bond acceptors (Lipinski definition) is 3. The van der Waals surface area contributed by atoms with Crippen LogP contribution in [0.5, 0.6) is 0 Å². The average Bonchev–Trinajstić information content (AvgIpc) is 3.18. The zero-order valence-electron chi connectivity index (χ0n) is 12.2. The first-order valence-corrected chi connectivity index (χ1v) is 8.01. The molecule has 0 N–H and O–H groups in total. The molecule has 0 bridgehead atoms. The van der Waals surface area contributed by atoms with Gasteiger partial charge in [-0.15, -0.1) is 0 Å². The predicted molar refractivity (Wildman–Crippen MR) is 87.1 cm³/mol. The lowest BCUT2D eigenvalue weighted by Gasteiger charge is -2.25. The Morgan fingerprint density at radius 2 is 2.22 bits per heavy atom. The molecule has 1 atom stereocenters. The first-order chi connectivity index (χ1) is 11.1. The molecule has 0 spiro atoms. The summed E-state index contributed by atoms with van der Waals surface area (Å²) in [4.78, 5) is 14.4. The summed E-state index contributed by atoms with van der Waals surface area (Å²) >= 11 is 12.0. The highest BCUT2D eigenvalue weighted by Gasteiger charge is 2.30. The third kappa shape index (κ3) is 3.34. The molecule has 0 radical (unpaired) electrons. The lowest BCUT2D eigenvalue weighted by atomic mass is 10.0. The van der Waals surface area contributed by atoms with E-state index in [9.17, 15) is 4.79 Å². The van der Waals surface area contributed by atoms with Crippen molar-refractivity contribution in [2.24, 2.45) is 0 Å². The standard InChI is InChI=1S/C16H14Cl2N4O/c17-13-4-3-12(6-14(13)18)15-2-1-5-22(15)16(23)10-21-9-11(7-19)8-20-21/h3-4,6,8-9,15H,1-2,5,10H2/t15-/m0/s1. The fourth-order valence-corrected chi connectivity index (χ4v) is 3.18. The van der Waals surface area contributed by atoms with Crippen molar-refractivity contribution in [1.82, 2.24) is 14.7 Å². The molecule has 1 fully saturated rings. The zero-order chi connectivity index (χ0) is 16.4. The molecule has 118 valence electrons. The van der Waals surface area contributed by atoms with E-state index in [1.165, 1.54) is 10.9 Å². The van der Waals surface area contributed by atoms with Gasteiger partial charge in [0.1, 0.15) is 12.6 Å². The predicted octanol–water partition coefficient (Wildman–Crippen LogP) is 3.43. The van der Waals surface area contributed by atoms with E-state index in [1.54, 1.807) is 12.3 Å². The topological polar surface area (TPSA) is 61.9 Å². The van der Waals surface area contributed by atoms with Gasteiger partial charge >= 0.3 is 0 Å². The van der Waals surface area contributed by atoms with Crippen LogP contribution in [0.2, 0.25) is 10.0 Å². The minimum Gasteiger partial charge on any atom is -0.334 e. The first-order valence-electron chi connectivity index (χ1n) is 7.25. The molecule has 2 heterocycles. The summed E-state index contributed by atoms with van der Waals surface area (Å²) in [5.74, 6) is -0.0221. The second-order valence-electron chi connectivity index (χ2n) is 5.46. The summed E-state index contributed by atoms with van der Waals surface area (Å²) in [5, 5.41) is 13.8. The minimum absolute atomic E-state index is 0.00302. The third-order valence-electron chi connectivity index (χ3n) is 3.96. The van der Waals surface area contributed by atoms with Gasteiger partial charge in [-0.1, -0.05) is 29.3 Å². The highest BCUT2D eigenvalue weighted by atomic mass is 35.5. The van der Waals surface area contributed by atoms with Gasteiger partial charge < -0.3 is 4.90 Å². The first kappa shape index (κ1) is 15.9. The van der Waals surface area contributed by atoms with Crippen molar-refractivity contribution in [3.8, 4) is 6.07 Å². The lowest BCUT2D eigenvalue weighted by molar-refractivity contribution is -0.133. The van der Waals surface area contributed by atoms with Crippen molar-refractivity contribution in [3.63, 3.8) is 0 Å². The number of likely N-dealkylation sites (tertiary alicyclic amines) is 1. The monoisotopic (exact) mass is 348 g/mol. The van der Waals surface area contributed by atoms with Crippen LogP contribution in [-0.4, -0.2) is 27.1 Å². The van der Waals surface area contributed by atoms with Crippen LogP contribution in [0.15, 0.2) is 30.6 Å². The van der Waals surface area contributed by atoms with Gasteiger partial charge in [0, 0.05) is 12.7 Å². The van der Waals surface area contributed by atoms with Crippen LogP contribution >= 0.6 is 23.2 Å². The van der Waals surface area contributed by atoms with Crippen molar-refractivity contribution >= 4 is 29.1 Å². The van der Waals surface area contributed by atoms with Gasteiger partial charge in [0.2, 0.25) is 5.91 Å². The number of halogens is 2. The molecule has 1 saturated heterocycles. The molecule has 1 aromatic heterocycles. The van der Waals surface area contributed by atoms with E-state index in [0.29, 0.717) is 22.2 Å². The Morgan fingerprint density at radius 1 is 1.39 bits per heavy atom. The van der Waals surface area contributed by atoms with Gasteiger partial charge in [0.25, 0.3) is 0 Å². The molecule has 3 rings (SSSR count). The number of benzene rings is 1. The number of aromatic nitrogens is 2. The molecule has 23 heavy (non-hydrogen) atoms. The SMILES string of the molecule is N#Cc1cnn(CC(=O)N2CCC[C@H]2c2ccc(Cl)c(Cl)c2)c1. The van der Waals surface area contributed by atoms with E-state index in [2.05, 4.69) is 5.10 Å². The summed E-state index contributed by atoms with van der Waals surface area (Å²) in [5.41, 5.74) is 1.43. The van der Waals surface area contributed by atoms with Crippen LogP contribution in [-0.2, 0) is 11.3 Å². The normalized spacial score (nSPS) is 17.3. The number of carbonyl (C=O) groups excluding carboxylic acids is 1. The summed E-state index contributed by atoms with van der Waals surface area (Å²) in [6, 6.07) is 7.49. The van der Waals surface area contributed by atoms with Crippen LogP contribution in [0, 0.1) is 11.3 Å². The number of nitriles is 1. The van der Waals surface area contributed by atoms with Gasteiger partial charge in [0.15, 0.2) is 0 Å². The van der Waals surface area contributed by atoms with Crippen molar-refractivity contribution in [3.05, 3.63) is 51.8 Å². The molecule has 0 aliphatic carbocycles. The fourth-order valence-electron chi connectivity index (χ4n) is 2.87. The maximum absolute atomic E-state index is 12.6. The summed E-state index contributed by atoms with van der Waals surface area (Å²) in [6.07, 6.45) is 4.86. The molecule has 0 unspecified atom stereocenters. The summed E-state index contributed by atoms with van der Waals surface area (Å²) in [7, 11) is 0. The van der Waals surface area contributed by atoms with Gasteiger partial charge in [-0.05, 0) is 30.5 Å². The summed E-state index contributed by atoms with van der Waals surface area (Å²) in [6.45, 7) is 0.829. The maximum Gasteiger partial charge on any atom is 0.244 e. The van der Waals surface area contributed by atoms with E-state index in [4.69, 9.17) is 28.5 Å². The highest BCUT2D eigenvalue weighted by molar-refractivity contribution is 6.42. The Labute approximate surface area is 144 Å². The molecule has 1 aliphatic rings. The molecule has 2 aromatic rings. The number of amides is 1. The Bertz CT molecular complexity index is 781. The minimum atomic E-state index is -0.0221. The second-order valence-corrected chi connectivity index (χ2v) is 6.27. The van der Waals surface area contributed by atoms with Crippen molar-refractivity contribution in [1.29, 1.82) is 5.26 Å². The van der Waals surface area contributed by atoms with E-state index in [1.807, 2.05) is 23.1 Å². The Balaban J connectivity index is 1.76. The van der Waals surface area contributed by atoms with Gasteiger partial charge in [-0.3, -0.25) is 9.48 Å². The third-order valence-corrected chi connectivity index (χ3v) is 4.70. The Kier molecular flexibility index (Phi) is 4.56. The van der Waals surface area contributed by atoms with E-state index in [0.717, 1.165) is 18.4 Å². The summed E-state index contributed by atoms with van der Waals surface area (Å²) < 4.78 is 1.49. The van der Waals surface area contributed by atoms with Crippen LogP contribution in [0.25, 0.3) is 0 Å². The Morgan fingerprint density at radius 3 is 2.91 bits per heavy atom. The van der Waals surface area contributed by atoms with Crippen molar-refractivity contribution in [2.45, 2.75) is 25.4 Å². The van der Waals surface area contributed by atoms with Crippen LogP contribution in [0.1, 0.15) is 30.0 Å². The van der Waals surface area contributed by atoms with Crippen LogP contribution < -0.4 is 0 Å². The largest absolute Gasteiger partial charge is 0.334 e. The smallest absolute Gasteiger partial charge is 0.244 e.